The van der Waals surface area contributed by atoms with Gasteiger partial charge in [-0.2, -0.15) is 0 Å². The fraction of sp³-hybridized carbons (Fsp3) is 0.625. The average Bonchev–Trinajstić information content (AvgIpc) is 2.53. The maximum atomic E-state index is 12.5. The SMILES string of the molecule is CNCCC1CCN(C(=O)C(C)c2cccnc2)CC1.Cl.Cl. The van der Waals surface area contributed by atoms with Crippen molar-refractivity contribution in [2.75, 3.05) is 26.7 Å². The number of hydrogen-bond donors (Lipinski definition) is 1. The van der Waals surface area contributed by atoms with E-state index in [4.69, 9.17) is 0 Å². The third-order valence-electron chi connectivity index (χ3n) is 4.28. The third kappa shape index (κ3) is 5.75. The maximum Gasteiger partial charge on any atom is 0.229 e. The summed E-state index contributed by atoms with van der Waals surface area (Å²) in [5.41, 5.74) is 1.01. The lowest BCUT2D eigenvalue weighted by molar-refractivity contribution is -0.133. The third-order valence-corrected chi connectivity index (χ3v) is 4.28. The molecule has 0 saturated carbocycles. The smallest absolute Gasteiger partial charge is 0.229 e. The van der Waals surface area contributed by atoms with Gasteiger partial charge in [0.05, 0.1) is 5.92 Å². The van der Waals surface area contributed by atoms with Crippen LogP contribution >= 0.6 is 24.8 Å². The summed E-state index contributed by atoms with van der Waals surface area (Å²) in [5, 5.41) is 3.20. The Balaban J connectivity index is 0.00000220. The molecule has 0 spiro atoms. The van der Waals surface area contributed by atoms with Gasteiger partial charge in [-0.15, -0.1) is 24.8 Å². The molecule has 2 rings (SSSR count). The van der Waals surface area contributed by atoms with E-state index in [0.29, 0.717) is 0 Å². The van der Waals surface area contributed by atoms with Crippen molar-refractivity contribution in [2.24, 2.45) is 5.92 Å². The van der Waals surface area contributed by atoms with Crippen molar-refractivity contribution >= 4 is 30.7 Å². The average molecular weight is 348 g/mol. The lowest BCUT2D eigenvalue weighted by Gasteiger charge is -2.33. The molecule has 1 aromatic rings. The highest BCUT2D eigenvalue weighted by Crippen LogP contribution is 2.24. The molecule has 1 amide bonds. The number of carbonyl (C=O) groups excluding carboxylic acids is 1. The molecular weight excluding hydrogens is 321 g/mol. The summed E-state index contributed by atoms with van der Waals surface area (Å²) in [7, 11) is 1.99. The number of aromatic nitrogens is 1. The largest absolute Gasteiger partial charge is 0.342 e. The molecule has 1 N–H and O–H groups in total. The fourth-order valence-corrected chi connectivity index (χ4v) is 2.84. The molecule has 0 aliphatic carbocycles. The minimum atomic E-state index is -0.0856. The van der Waals surface area contributed by atoms with Crippen molar-refractivity contribution in [3.8, 4) is 0 Å². The number of nitrogens with zero attached hydrogens (tertiary/aromatic N) is 2. The van der Waals surface area contributed by atoms with E-state index < -0.39 is 0 Å². The van der Waals surface area contributed by atoms with Crippen LogP contribution in [-0.4, -0.2) is 42.5 Å². The van der Waals surface area contributed by atoms with Crippen LogP contribution in [0.4, 0.5) is 0 Å². The van der Waals surface area contributed by atoms with E-state index in [2.05, 4.69) is 10.3 Å². The van der Waals surface area contributed by atoms with Gasteiger partial charge in [0.2, 0.25) is 5.91 Å². The highest BCUT2D eigenvalue weighted by atomic mass is 35.5. The van der Waals surface area contributed by atoms with Crippen molar-refractivity contribution in [1.82, 2.24) is 15.2 Å². The zero-order valence-corrected chi connectivity index (χ0v) is 15.0. The van der Waals surface area contributed by atoms with E-state index in [1.54, 1.807) is 12.4 Å². The van der Waals surface area contributed by atoms with Crippen molar-refractivity contribution in [3.05, 3.63) is 30.1 Å². The molecular formula is C16H27Cl2N3O. The molecule has 0 bridgehead atoms. The Morgan fingerprint density at radius 1 is 1.41 bits per heavy atom. The second-order valence-electron chi connectivity index (χ2n) is 5.67. The number of nitrogens with one attached hydrogen (secondary N) is 1. The van der Waals surface area contributed by atoms with Gasteiger partial charge in [-0.1, -0.05) is 6.07 Å². The van der Waals surface area contributed by atoms with E-state index in [9.17, 15) is 4.79 Å². The first-order valence-electron chi connectivity index (χ1n) is 7.55. The molecule has 1 fully saturated rings. The molecule has 0 radical (unpaired) electrons. The number of pyridine rings is 1. The van der Waals surface area contributed by atoms with Gasteiger partial charge in [0, 0.05) is 25.5 Å². The first kappa shape index (κ1) is 21.2. The lowest BCUT2D eigenvalue weighted by atomic mass is 9.92. The van der Waals surface area contributed by atoms with Crippen LogP contribution in [0.5, 0.6) is 0 Å². The summed E-state index contributed by atoms with van der Waals surface area (Å²) >= 11 is 0. The molecule has 126 valence electrons. The van der Waals surface area contributed by atoms with Crippen molar-refractivity contribution < 1.29 is 4.79 Å². The van der Waals surface area contributed by atoms with Crippen molar-refractivity contribution in [2.45, 2.75) is 32.1 Å². The Hall–Kier alpha value is -0.840. The minimum absolute atomic E-state index is 0. The molecule has 1 aliphatic rings. The molecule has 0 aromatic carbocycles. The van der Waals surface area contributed by atoms with Crippen LogP contribution in [-0.2, 0) is 4.79 Å². The van der Waals surface area contributed by atoms with Crippen LogP contribution in [0.1, 0.15) is 37.7 Å². The monoisotopic (exact) mass is 347 g/mol. The second-order valence-corrected chi connectivity index (χ2v) is 5.67. The number of likely N-dealkylation sites (tertiary alicyclic amines) is 1. The predicted molar refractivity (Wildman–Crippen MR) is 95.0 cm³/mol. The van der Waals surface area contributed by atoms with Crippen LogP contribution in [0, 0.1) is 5.92 Å². The molecule has 1 saturated heterocycles. The molecule has 6 heteroatoms. The first-order valence-corrected chi connectivity index (χ1v) is 7.55. The van der Waals surface area contributed by atoms with Gasteiger partial charge < -0.3 is 10.2 Å². The minimum Gasteiger partial charge on any atom is -0.342 e. The van der Waals surface area contributed by atoms with Crippen molar-refractivity contribution in [1.29, 1.82) is 0 Å². The highest BCUT2D eigenvalue weighted by Gasteiger charge is 2.26. The Labute approximate surface area is 145 Å². The normalized spacial score (nSPS) is 16.4. The van der Waals surface area contributed by atoms with Crippen LogP contribution in [0.25, 0.3) is 0 Å². The summed E-state index contributed by atoms with van der Waals surface area (Å²) in [6.07, 6.45) is 7.02. The summed E-state index contributed by atoms with van der Waals surface area (Å²) in [4.78, 5) is 18.6. The van der Waals surface area contributed by atoms with Crippen LogP contribution < -0.4 is 5.32 Å². The van der Waals surface area contributed by atoms with Crippen molar-refractivity contribution in [3.63, 3.8) is 0 Å². The first-order chi connectivity index (χ1) is 9.72. The van der Waals surface area contributed by atoms with Gasteiger partial charge in [0.15, 0.2) is 0 Å². The Kier molecular flexibility index (Phi) is 10.4. The number of carbonyl (C=O) groups is 1. The zero-order chi connectivity index (χ0) is 14.4. The number of piperidine rings is 1. The predicted octanol–water partition coefficient (Wildman–Crippen LogP) is 2.88. The van der Waals surface area contributed by atoms with E-state index >= 15 is 0 Å². The number of amides is 1. The van der Waals surface area contributed by atoms with Gasteiger partial charge in [-0.25, -0.2) is 0 Å². The number of hydrogen-bond acceptors (Lipinski definition) is 3. The van der Waals surface area contributed by atoms with Crippen LogP contribution in [0.15, 0.2) is 24.5 Å². The van der Waals surface area contributed by atoms with E-state index in [1.807, 2.05) is 31.0 Å². The van der Waals surface area contributed by atoms with E-state index in [0.717, 1.165) is 44.0 Å². The molecule has 2 heterocycles. The number of halogens is 2. The molecule has 1 unspecified atom stereocenters. The Morgan fingerprint density at radius 2 is 2.09 bits per heavy atom. The Bertz CT molecular complexity index is 423. The topological polar surface area (TPSA) is 45.2 Å². The van der Waals surface area contributed by atoms with Crippen LogP contribution in [0.3, 0.4) is 0 Å². The summed E-state index contributed by atoms with van der Waals surface area (Å²) in [5.74, 6) is 0.919. The van der Waals surface area contributed by atoms with Gasteiger partial charge in [-0.3, -0.25) is 9.78 Å². The molecule has 1 aliphatic heterocycles. The van der Waals surface area contributed by atoms with Gasteiger partial charge in [0.25, 0.3) is 0 Å². The molecule has 4 nitrogen and oxygen atoms in total. The molecule has 1 atom stereocenters. The van der Waals surface area contributed by atoms with Gasteiger partial charge >= 0.3 is 0 Å². The summed E-state index contributed by atoms with van der Waals surface area (Å²) in [6, 6.07) is 3.87. The van der Waals surface area contributed by atoms with E-state index in [1.165, 1.54) is 6.42 Å². The molecule has 22 heavy (non-hydrogen) atoms. The number of rotatable bonds is 5. The second kappa shape index (κ2) is 10.8. The standard InChI is InChI=1S/C16H25N3O.2ClH/c1-13(15-4-3-8-18-12-15)16(20)19-10-6-14(7-11-19)5-9-17-2;;/h3-4,8,12-14,17H,5-7,9-11H2,1-2H3;2*1H. The molecule has 1 aromatic heterocycles. The fourth-order valence-electron chi connectivity index (χ4n) is 2.84. The summed E-state index contributed by atoms with van der Waals surface area (Å²) < 4.78 is 0. The lowest BCUT2D eigenvalue weighted by Crippen LogP contribution is -2.41. The van der Waals surface area contributed by atoms with Gasteiger partial charge in [-0.05, 0) is 57.3 Å². The Morgan fingerprint density at radius 3 is 2.64 bits per heavy atom. The maximum absolute atomic E-state index is 12.5. The van der Waals surface area contributed by atoms with Crippen LogP contribution in [0.2, 0.25) is 0 Å². The van der Waals surface area contributed by atoms with Gasteiger partial charge in [0.1, 0.15) is 0 Å². The quantitative estimate of drug-likeness (QED) is 0.890. The highest BCUT2D eigenvalue weighted by molar-refractivity contribution is 5.85. The zero-order valence-electron chi connectivity index (χ0n) is 13.3. The van der Waals surface area contributed by atoms with E-state index in [-0.39, 0.29) is 36.6 Å². The summed E-state index contributed by atoms with van der Waals surface area (Å²) in [6.45, 7) is 4.85.